The molecule has 0 bridgehead atoms. The predicted octanol–water partition coefficient (Wildman–Crippen LogP) is 2.13. The minimum Gasteiger partial charge on any atom is -0.352 e. The fourth-order valence-corrected chi connectivity index (χ4v) is 3.56. The van der Waals surface area contributed by atoms with Crippen LogP contribution >= 0.6 is 11.3 Å². The van der Waals surface area contributed by atoms with Crippen molar-refractivity contribution in [2.45, 2.75) is 46.1 Å². The van der Waals surface area contributed by atoms with Gasteiger partial charge in [0.15, 0.2) is 0 Å². The molecule has 0 unspecified atom stereocenters. The molecule has 0 spiro atoms. The maximum Gasteiger partial charge on any atom is 0.261 e. The number of thiophene rings is 1. The molecule has 20 heavy (non-hydrogen) atoms. The minimum absolute atomic E-state index is 0.0377. The predicted molar refractivity (Wildman–Crippen MR) is 81.1 cm³/mol. The van der Waals surface area contributed by atoms with Crippen LogP contribution in [0.3, 0.4) is 0 Å². The quantitative estimate of drug-likeness (QED) is 0.893. The van der Waals surface area contributed by atoms with Gasteiger partial charge in [0.2, 0.25) is 5.91 Å². The fourth-order valence-electron chi connectivity index (χ4n) is 2.44. The summed E-state index contributed by atoms with van der Waals surface area (Å²) in [5, 5.41) is 5.44. The summed E-state index contributed by atoms with van der Waals surface area (Å²) in [4.78, 5) is 25.6. The van der Waals surface area contributed by atoms with E-state index in [1.54, 1.807) is 11.3 Å². The molecule has 0 saturated carbocycles. The first-order valence-electron chi connectivity index (χ1n) is 7.15. The summed E-state index contributed by atoms with van der Waals surface area (Å²) in [6.45, 7) is 6.08. The maximum absolute atomic E-state index is 12.1. The highest BCUT2D eigenvalue weighted by atomic mass is 32.1. The van der Waals surface area contributed by atoms with Gasteiger partial charge in [-0.15, -0.1) is 11.3 Å². The zero-order valence-electron chi connectivity index (χ0n) is 12.3. The van der Waals surface area contributed by atoms with E-state index in [4.69, 9.17) is 0 Å². The lowest BCUT2D eigenvalue weighted by Crippen LogP contribution is -2.39. The SMILES string of the molecule is CC(C)NC(=O)CNC(=O)c1cc2c(s1)CC[C@@H](C)C2. The summed E-state index contributed by atoms with van der Waals surface area (Å²) in [6.07, 6.45) is 3.33. The van der Waals surface area contributed by atoms with Crippen LogP contribution in [0.2, 0.25) is 0 Å². The van der Waals surface area contributed by atoms with Crippen molar-refractivity contribution in [1.82, 2.24) is 10.6 Å². The first-order valence-corrected chi connectivity index (χ1v) is 7.96. The van der Waals surface area contributed by atoms with Crippen LogP contribution in [-0.2, 0) is 17.6 Å². The smallest absolute Gasteiger partial charge is 0.261 e. The average Bonchev–Trinajstić information content (AvgIpc) is 2.78. The molecule has 110 valence electrons. The number of amides is 2. The topological polar surface area (TPSA) is 58.2 Å². The van der Waals surface area contributed by atoms with E-state index >= 15 is 0 Å². The zero-order chi connectivity index (χ0) is 14.7. The van der Waals surface area contributed by atoms with Crippen molar-refractivity contribution in [3.63, 3.8) is 0 Å². The second-order valence-corrected chi connectivity index (χ2v) is 6.95. The van der Waals surface area contributed by atoms with Crippen LogP contribution in [0.25, 0.3) is 0 Å². The van der Waals surface area contributed by atoms with Gasteiger partial charge in [-0.25, -0.2) is 0 Å². The number of nitrogens with one attached hydrogen (secondary N) is 2. The molecule has 0 fully saturated rings. The van der Waals surface area contributed by atoms with Gasteiger partial charge >= 0.3 is 0 Å². The Kier molecular flexibility index (Phi) is 4.81. The van der Waals surface area contributed by atoms with Crippen molar-refractivity contribution in [2.24, 2.45) is 5.92 Å². The van der Waals surface area contributed by atoms with E-state index in [0.29, 0.717) is 5.92 Å². The third-order valence-electron chi connectivity index (χ3n) is 3.41. The molecule has 5 heteroatoms. The van der Waals surface area contributed by atoms with Gasteiger partial charge in [0.25, 0.3) is 5.91 Å². The molecule has 2 amide bonds. The molecule has 1 heterocycles. The number of aryl methyl sites for hydroxylation is 1. The molecule has 2 rings (SSSR count). The second-order valence-electron chi connectivity index (χ2n) is 5.81. The van der Waals surface area contributed by atoms with Gasteiger partial charge in [0, 0.05) is 10.9 Å². The molecule has 0 aliphatic heterocycles. The van der Waals surface area contributed by atoms with E-state index in [1.165, 1.54) is 16.9 Å². The Bertz CT molecular complexity index is 508. The van der Waals surface area contributed by atoms with Gasteiger partial charge in [-0.3, -0.25) is 9.59 Å². The van der Waals surface area contributed by atoms with Crippen LogP contribution in [0.1, 0.15) is 47.3 Å². The normalized spacial score (nSPS) is 17.7. The molecule has 1 aromatic rings. The highest BCUT2D eigenvalue weighted by Crippen LogP contribution is 2.32. The Labute approximate surface area is 124 Å². The van der Waals surface area contributed by atoms with Gasteiger partial charge in [-0.05, 0) is 50.7 Å². The molecule has 4 nitrogen and oxygen atoms in total. The van der Waals surface area contributed by atoms with Crippen molar-refractivity contribution in [2.75, 3.05) is 6.54 Å². The lowest BCUT2D eigenvalue weighted by Gasteiger charge is -2.16. The molecule has 1 aliphatic carbocycles. The standard InChI is InChI=1S/C15H22N2O2S/c1-9(2)17-14(18)8-16-15(19)13-7-11-6-10(3)4-5-12(11)20-13/h7,9-10H,4-6,8H2,1-3H3,(H,16,19)(H,17,18)/t10-/m1/s1. The van der Waals surface area contributed by atoms with Crippen LogP contribution in [0, 0.1) is 5.92 Å². The van der Waals surface area contributed by atoms with Crippen LogP contribution in [0.5, 0.6) is 0 Å². The van der Waals surface area contributed by atoms with E-state index in [1.807, 2.05) is 19.9 Å². The number of carbonyl (C=O) groups excluding carboxylic acids is 2. The lowest BCUT2D eigenvalue weighted by atomic mass is 9.90. The molecule has 1 aliphatic rings. The van der Waals surface area contributed by atoms with Gasteiger partial charge < -0.3 is 10.6 Å². The van der Waals surface area contributed by atoms with Crippen molar-refractivity contribution in [1.29, 1.82) is 0 Å². The van der Waals surface area contributed by atoms with E-state index in [0.717, 1.165) is 17.7 Å². The number of fused-ring (bicyclic) bond motifs is 1. The molecule has 1 aromatic heterocycles. The molecule has 1 atom stereocenters. The highest BCUT2D eigenvalue weighted by Gasteiger charge is 2.20. The first kappa shape index (κ1) is 15.0. The van der Waals surface area contributed by atoms with Crippen molar-refractivity contribution < 1.29 is 9.59 Å². The van der Waals surface area contributed by atoms with Gasteiger partial charge in [0.05, 0.1) is 11.4 Å². The Balaban J connectivity index is 1.92. The summed E-state index contributed by atoms with van der Waals surface area (Å²) < 4.78 is 0. The van der Waals surface area contributed by atoms with E-state index in [2.05, 4.69) is 17.6 Å². The Morgan fingerprint density at radius 1 is 1.45 bits per heavy atom. The third kappa shape index (κ3) is 3.82. The maximum atomic E-state index is 12.1. The summed E-state index contributed by atoms with van der Waals surface area (Å²) >= 11 is 1.57. The summed E-state index contributed by atoms with van der Waals surface area (Å²) in [6, 6.07) is 2.08. The molecule has 2 N–H and O–H groups in total. The Morgan fingerprint density at radius 3 is 2.90 bits per heavy atom. The van der Waals surface area contributed by atoms with Crippen molar-refractivity contribution in [3.05, 3.63) is 21.4 Å². The summed E-state index contributed by atoms with van der Waals surface area (Å²) in [5.74, 6) is 0.407. The number of hydrogen-bond acceptors (Lipinski definition) is 3. The van der Waals surface area contributed by atoms with Crippen LogP contribution in [-0.4, -0.2) is 24.4 Å². The van der Waals surface area contributed by atoms with Gasteiger partial charge in [-0.1, -0.05) is 6.92 Å². The fraction of sp³-hybridized carbons (Fsp3) is 0.600. The van der Waals surface area contributed by atoms with Crippen LogP contribution in [0.15, 0.2) is 6.07 Å². The largest absolute Gasteiger partial charge is 0.352 e. The summed E-state index contributed by atoms with van der Waals surface area (Å²) in [7, 11) is 0. The van der Waals surface area contributed by atoms with Gasteiger partial charge in [-0.2, -0.15) is 0 Å². The van der Waals surface area contributed by atoms with Crippen molar-refractivity contribution >= 4 is 23.2 Å². The molecular formula is C15H22N2O2S. The monoisotopic (exact) mass is 294 g/mol. The van der Waals surface area contributed by atoms with E-state index in [9.17, 15) is 9.59 Å². The molecule has 0 radical (unpaired) electrons. The Morgan fingerprint density at radius 2 is 2.20 bits per heavy atom. The molecule has 0 saturated heterocycles. The van der Waals surface area contributed by atoms with E-state index < -0.39 is 0 Å². The summed E-state index contributed by atoms with van der Waals surface area (Å²) in [5.41, 5.74) is 1.31. The first-order chi connectivity index (χ1) is 9.45. The Hall–Kier alpha value is -1.36. The van der Waals surface area contributed by atoms with Crippen molar-refractivity contribution in [3.8, 4) is 0 Å². The van der Waals surface area contributed by atoms with Crippen LogP contribution < -0.4 is 10.6 Å². The number of carbonyl (C=O) groups is 2. The van der Waals surface area contributed by atoms with E-state index in [-0.39, 0.29) is 24.4 Å². The number of hydrogen-bond donors (Lipinski definition) is 2. The highest BCUT2D eigenvalue weighted by molar-refractivity contribution is 7.14. The zero-order valence-corrected chi connectivity index (χ0v) is 13.1. The van der Waals surface area contributed by atoms with Gasteiger partial charge in [0.1, 0.15) is 0 Å². The lowest BCUT2D eigenvalue weighted by molar-refractivity contribution is -0.120. The molecular weight excluding hydrogens is 272 g/mol. The molecule has 0 aromatic carbocycles. The average molecular weight is 294 g/mol. The number of rotatable bonds is 4. The second kappa shape index (κ2) is 6.39. The minimum atomic E-state index is -0.150. The third-order valence-corrected chi connectivity index (χ3v) is 4.65. The van der Waals surface area contributed by atoms with Crippen LogP contribution in [0.4, 0.5) is 0 Å².